The molecule has 8 bridgehead atoms. The molecule has 18 heteroatoms. The van der Waals surface area contributed by atoms with E-state index in [0.29, 0.717) is 69.1 Å². The molecule has 8 aliphatic rings. The quantitative estimate of drug-likeness (QED) is 0.190. The number of aryl methyl sites for hydroxylation is 2. The van der Waals surface area contributed by atoms with Gasteiger partial charge in [-0.15, -0.1) is 0 Å². The average Bonchev–Trinajstić information content (AvgIpc) is 4.14. The lowest BCUT2D eigenvalue weighted by Crippen LogP contribution is -2.49. The number of carbonyl (C=O) groups is 4. The van der Waals surface area contributed by atoms with Gasteiger partial charge in [-0.05, 0) is 81.6 Å². The number of nitrogens with zero attached hydrogens (tertiary/aromatic N) is 8. The number of carbonyl (C=O) groups excluding carboxylic acids is 4. The van der Waals surface area contributed by atoms with E-state index in [1.165, 1.54) is 71.0 Å². The third kappa shape index (κ3) is 6.64. The zero-order valence-electron chi connectivity index (χ0n) is 33.5. The fourth-order valence-electron chi connectivity index (χ4n) is 11.5. The first kappa shape index (κ1) is 38.2. The molecule has 314 valence electrons. The molecule has 6 fully saturated rings. The summed E-state index contributed by atoms with van der Waals surface area (Å²) in [5, 5.41) is 21.1. The Labute approximate surface area is 341 Å². The summed E-state index contributed by atoms with van der Waals surface area (Å²) in [6.07, 6.45) is 9.74. The number of urea groups is 2. The minimum Gasteiger partial charge on any atom is -0.309 e. The van der Waals surface area contributed by atoms with Crippen LogP contribution in [0.25, 0.3) is 0 Å². The Bertz CT molecular complexity index is 2140. The second kappa shape index (κ2) is 15.2. The highest BCUT2D eigenvalue weighted by atomic mass is 16.7. The van der Waals surface area contributed by atoms with Gasteiger partial charge in [-0.1, -0.05) is 30.3 Å². The summed E-state index contributed by atoms with van der Waals surface area (Å²) < 4.78 is 3.94. The number of rotatable bonds is 11. The maximum absolute atomic E-state index is 12.9. The van der Waals surface area contributed by atoms with Crippen molar-refractivity contribution in [3.63, 3.8) is 0 Å². The molecular weight excluding hydrogens is 761 g/mol. The molecule has 8 atom stereocenters. The number of nitrogens with one attached hydrogen (secondary N) is 2. The minimum atomic E-state index is -0.596. The molecule has 3 N–H and O–H groups in total. The van der Waals surface area contributed by atoms with Crippen molar-refractivity contribution < 1.29 is 38.9 Å². The van der Waals surface area contributed by atoms with E-state index in [0.717, 1.165) is 22.0 Å². The van der Waals surface area contributed by atoms with Crippen molar-refractivity contribution in [1.82, 2.24) is 50.4 Å². The van der Waals surface area contributed by atoms with Crippen LogP contribution >= 0.6 is 0 Å². The molecular formula is C41H52N10O8. The van der Waals surface area contributed by atoms with E-state index in [-0.39, 0.29) is 43.1 Å². The Morgan fingerprint density at radius 1 is 0.678 bits per heavy atom. The lowest BCUT2D eigenvalue weighted by Gasteiger charge is -2.28. The van der Waals surface area contributed by atoms with Gasteiger partial charge < -0.3 is 9.80 Å². The fraction of sp³-hybridized carbons (Fsp3) is 0.610. The summed E-state index contributed by atoms with van der Waals surface area (Å²) in [6.45, 7) is 1.67. The van der Waals surface area contributed by atoms with Crippen LogP contribution in [0, 0.1) is 0 Å². The number of amides is 6. The van der Waals surface area contributed by atoms with Crippen molar-refractivity contribution in [2.75, 3.05) is 13.1 Å². The molecule has 18 nitrogen and oxygen atoms in total. The van der Waals surface area contributed by atoms with Gasteiger partial charge in [-0.2, -0.15) is 15.3 Å². The Hall–Kier alpha value is -5.04. The molecule has 59 heavy (non-hydrogen) atoms. The molecule has 11 rings (SSSR count). The summed E-state index contributed by atoms with van der Waals surface area (Å²) in [6, 6.07) is 7.60. The second-order valence-corrected chi connectivity index (χ2v) is 17.5. The van der Waals surface area contributed by atoms with Crippen LogP contribution < -0.4 is 11.0 Å². The van der Waals surface area contributed by atoms with Gasteiger partial charge >= 0.3 is 12.1 Å². The van der Waals surface area contributed by atoms with Gasteiger partial charge in [0.25, 0.3) is 11.8 Å². The molecule has 0 radical (unpaired) electrons. The van der Waals surface area contributed by atoms with Crippen LogP contribution in [0.1, 0.15) is 127 Å². The van der Waals surface area contributed by atoms with E-state index in [9.17, 15) is 24.4 Å². The molecule has 4 unspecified atom stereocenters. The Balaban J connectivity index is 0.000000147. The van der Waals surface area contributed by atoms with Crippen molar-refractivity contribution >= 4 is 23.9 Å². The molecule has 2 saturated carbocycles. The standard InChI is InChI=1S/C24H29N5O4.C17H23N5O4/c1-27-22-17-8-7-16(11-17)21(22)19(25-27)14-32-26-23(30)20-10-9-18-12-28(20)24(31)29(18)33-13-15-5-3-2-4-6-15;1-20-15-10-3-2-9(6-10)14(15)12(18-20)8-26-19-16(23)13-5-4-11-7-21(13)17(24)22(11)25/h2-6,16-18,20H,7-14H2,1H3,(H,26,30);9-11,13,25H,2-8H2,1H3,(H,19,23)/t16?,17?,18-,20+;9?,10?,11-,13+/m11/s1. The molecule has 6 heterocycles. The van der Waals surface area contributed by atoms with Gasteiger partial charge in [-0.3, -0.25) is 38.7 Å². The van der Waals surface area contributed by atoms with E-state index in [1.807, 2.05) is 53.8 Å². The summed E-state index contributed by atoms with van der Waals surface area (Å²) >= 11 is 0. The topological polar surface area (TPSA) is 189 Å². The smallest absolute Gasteiger partial charge is 0.309 e. The molecule has 1 aromatic carbocycles. The number of piperidine rings is 2. The lowest BCUT2D eigenvalue weighted by atomic mass is 9.96. The van der Waals surface area contributed by atoms with Crippen LogP contribution in [0.3, 0.4) is 0 Å². The van der Waals surface area contributed by atoms with Crippen LogP contribution in [-0.4, -0.2) is 106 Å². The maximum Gasteiger partial charge on any atom is 0.345 e. The van der Waals surface area contributed by atoms with E-state index < -0.39 is 18.1 Å². The Kier molecular flexibility index (Phi) is 9.84. The van der Waals surface area contributed by atoms with Crippen molar-refractivity contribution in [3.8, 4) is 0 Å². The number of hydroxylamine groups is 6. The van der Waals surface area contributed by atoms with Crippen LogP contribution in [0.2, 0.25) is 0 Å². The number of fused-ring (bicyclic) bond motifs is 14. The first-order valence-corrected chi connectivity index (χ1v) is 21.1. The number of benzene rings is 1. The molecule has 6 amide bonds. The first-order chi connectivity index (χ1) is 28.6. The molecule has 0 spiro atoms. The fourth-order valence-corrected chi connectivity index (χ4v) is 11.5. The lowest BCUT2D eigenvalue weighted by molar-refractivity contribution is -0.141. The third-order valence-corrected chi connectivity index (χ3v) is 14.1. The zero-order chi connectivity index (χ0) is 40.5. The normalized spacial score (nSPS) is 29.3. The second-order valence-electron chi connectivity index (χ2n) is 17.5. The third-order valence-electron chi connectivity index (χ3n) is 14.1. The minimum absolute atomic E-state index is 0.0299. The largest absolute Gasteiger partial charge is 0.345 e. The van der Waals surface area contributed by atoms with Crippen LogP contribution in [0.5, 0.6) is 0 Å². The van der Waals surface area contributed by atoms with Gasteiger partial charge in [-0.25, -0.2) is 25.6 Å². The maximum atomic E-state index is 12.9. The monoisotopic (exact) mass is 812 g/mol. The summed E-state index contributed by atoms with van der Waals surface area (Å²) in [7, 11) is 3.96. The van der Waals surface area contributed by atoms with E-state index >= 15 is 0 Å². The predicted molar refractivity (Wildman–Crippen MR) is 205 cm³/mol. The van der Waals surface area contributed by atoms with Gasteiger partial charge in [0, 0.05) is 61.5 Å². The highest BCUT2D eigenvalue weighted by Crippen LogP contribution is 2.55. The highest BCUT2D eigenvalue weighted by molar-refractivity contribution is 5.88. The molecule has 4 aliphatic carbocycles. The SMILES string of the molecule is Cn1nc(CONC(=O)[C@@H]2CC[C@@H]3CN2C(=O)N3O)c2c1C1CCC2C1.Cn1nc(CONC(=O)[C@@H]2CC[C@@H]3CN2C(=O)N3OCc2ccccc2)c2c1C1CCC2C1. The zero-order valence-corrected chi connectivity index (χ0v) is 33.5. The summed E-state index contributed by atoms with van der Waals surface area (Å²) in [5.74, 6) is 1.75. The van der Waals surface area contributed by atoms with Gasteiger partial charge in [0.1, 0.15) is 31.9 Å². The Morgan fingerprint density at radius 2 is 1.19 bits per heavy atom. The Morgan fingerprint density at radius 3 is 1.76 bits per heavy atom. The van der Waals surface area contributed by atoms with E-state index in [4.69, 9.17) is 14.5 Å². The number of hydrogen-bond acceptors (Lipinski definition) is 10. The van der Waals surface area contributed by atoms with Crippen molar-refractivity contribution in [1.29, 1.82) is 0 Å². The summed E-state index contributed by atoms with van der Waals surface area (Å²) in [4.78, 5) is 70.1. The van der Waals surface area contributed by atoms with Gasteiger partial charge in [0.2, 0.25) is 0 Å². The molecule has 3 aromatic rings. The molecule has 2 aromatic heterocycles. The van der Waals surface area contributed by atoms with Crippen molar-refractivity contribution in [3.05, 3.63) is 69.8 Å². The number of aromatic nitrogens is 4. The average molecular weight is 813 g/mol. The first-order valence-electron chi connectivity index (χ1n) is 21.1. The van der Waals surface area contributed by atoms with E-state index in [2.05, 4.69) is 21.2 Å². The van der Waals surface area contributed by atoms with Crippen molar-refractivity contribution in [2.24, 2.45) is 14.1 Å². The van der Waals surface area contributed by atoms with E-state index in [1.54, 1.807) is 4.90 Å². The van der Waals surface area contributed by atoms with Crippen molar-refractivity contribution in [2.45, 2.75) is 132 Å². The molecule has 4 saturated heterocycles. The summed E-state index contributed by atoms with van der Waals surface area (Å²) in [5.41, 5.74) is 13.2. The predicted octanol–water partition coefficient (Wildman–Crippen LogP) is 3.72. The van der Waals surface area contributed by atoms with Crippen LogP contribution in [-0.2, 0) is 58.0 Å². The number of hydrogen-bond donors (Lipinski definition) is 3. The van der Waals surface area contributed by atoms with Crippen LogP contribution in [0.4, 0.5) is 9.59 Å². The van der Waals surface area contributed by atoms with Crippen LogP contribution in [0.15, 0.2) is 30.3 Å². The highest BCUT2D eigenvalue weighted by Gasteiger charge is 2.49. The van der Waals surface area contributed by atoms with Gasteiger partial charge in [0.05, 0.1) is 23.5 Å². The van der Waals surface area contributed by atoms with Gasteiger partial charge in [0.15, 0.2) is 0 Å². The molecule has 4 aliphatic heterocycles.